The Kier molecular flexibility index (Phi) is 4.94. The summed E-state index contributed by atoms with van der Waals surface area (Å²) >= 11 is 0. The van der Waals surface area contributed by atoms with Crippen LogP contribution in [0.15, 0.2) is 5.57 Å². The highest BCUT2D eigenvalue weighted by Gasteiger charge is 2.09. The molecule has 1 atom stereocenters. The molecule has 0 amide bonds. The SMILES string of the molecule is CCCNC(C)C(C)=Cc1c(C)nn(C)c1C. The lowest BCUT2D eigenvalue weighted by Gasteiger charge is -2.14. The van der Waals surface area contributed by atoms with Gasteiger partial charge in [-0.15, -0.1) is 0 Å². The molecule has 0 radical (unpaired) electrons. The minimum atomic E-state index is 0.425. The van der Waals surface area contributed by atoms with Crippen molar-refractivity contribution in [1.29, 1.82) is 0 Å². The van der Waals surface area contributed by atoms with Gasteiger partial charge in [-0.2, -0.15) is 5.10 Å². The summed E-state index contributed by atoms with van der Waals surface area (Å²) in [6.45, 7) is 11.8. The molecule has 0 spiro atoms. The number of nitrogens with zero attached hydrogens (tertiary/aromatic N) is 2. The largest absolute Gasteiger partial charge is 0.311 e. The van der Waals surface area contributed by atoms with Gasteiger partial charge in [0.15, 0.2) is 0 Å². The minimum absolute atomic E-state index is 0.425. The van der Waals surface area contributed by atoms with Gasteiger partial charge in [0.25, 0.3) is 0 Å². The molecule has 0 fully saturated rings. The standard InChI is InChI=1S/C14H25N3/c1-7-8-15-11(3)10(2)9-14-12(4)16-17(6)13(14)5/h9,11,15H,7-8H2,1-6H3. The fourth-order valence-corrected chi connectivity index (χ4v) is 1.87. The van der Waals surface area contributed by atoms with Crippen LogP contribution in [-0.4, -0.2) is 22.4 Å². The third-order valence-electron chi connectivity index (χ3n) is 3.32. The summed E-state index contributed by atoms with van der Waals surface area (Å²) in [5.74, 6) is 0. The second-order valence-electron chi connectivity index (χ2n) is 4.77. The second kappa shape index (κ2) is 6.01. The van der Waals surface area contributed by atoms with Crippen molar-refractivity contribution in [1.82, 2.24) is 15.1 Å². The first-order valence-electron chi connectivity index (χ1n) is 6.39. The van der Waals surface area contributed by atoms with Crippen LogP contribution in [0.5, 0.6) is 0 Å². The Morgan fingerprint density at radius 2 is 2.12 bits per heavy atom. The maximum atomic E-state index is 4.44. The zero-order valence-electron chi connectivity index (χ0n) is 12.0. The summed E-state index contributed by atoms with van der Waals surface area (Å²) in [5.41, 5.74) is 4.95. The number of hydrogen-bond acceptors (Lipinski definition) is 2. The van der Waals surface area contributed by atoms with Gasteiger partial charge in [-0.3, -0.25) is 4.68 Å². The van der Waals surface area contributed by atoms with Gasteiger partial charge in [0.1, 0.15) is 0 Å². The van der Waals surface area contributed by atoms with Crippen molar-refractivity contribution in [2.45, 2.75) is 47.1 Å². The summed E-state index contributed by atoms with van der Waals surface area (Å²) in [5, 5.41) is 7.94. The molecule has 1 aromatic heterocycles. The predicted octanol–water partition coefficient (Wildman–Crippen LogP) is 2.83. The summed E-state index contributed by atoms with van der Waals surface area (Å²) in [6, 6.07) is 0.425. The Labute approximate surface area is 105 Å². The maximum Gasteiger partial charge on any atom is 0.0668 e. The third-order valence-corrected chi connectivity index (χ3v) is 3.32. The highest BCUT2D eigenvalue weighted by molar-refractivity contribution is 5.57. The van der Waals surface area contributed by atoms with Gasteiger partial charge < -0.3 is 5.32 Å². The molecule has 96 valence electrons. The van der Waals surface area contributed by atoms with Crippen molar-refractivity contribution in [3.05, 3.63) is 22.5 Å². The fourth-order valence-electron chi connectivity index (χ4n) is 1.87. The molecular formula is C14H25N3. The zero-order valence-corrected chi connectivity index (χ0v) is 12.0. The van der Waals surface area contributed by atoms with Crippen LogP contribution in [-0.2, 0) is 7.05 Å². The van der Waals surface area contributed by atoms with Crippen molar-refractivity contribution < 1.29 is 0 Å². The van der Waals surface area contributed by atoms with Gasteiger partial charge >= 0.3 is 0 Å². The van der Waals surface area contributed by atoms with Crippen molar-refractivity contribution >= 4 is 6.08 Å². The molecule has 3 heteroatoms. The Morgan fingerprint density at radius 1 is 1.47 bits per heavy atom. The molecule has 1 N–H and O–H groups in total. The summed E-state index contributed by atoms with van der Waals surface area (Å²) < 4.78 is 1.94. The number of aromatic nitrogens is 2. The van der Waals surface area contributed by atoms with E-state index >= 15 is 0 Å². The molecule has 0 aromatic carbocycles. The molecule has 0 aliphatic carbocycles. The summed E-state index contributed by atoms with van der Waals surface area (Å²) in [7, 11) is 1.99. The summed E-state index contributed by atoms with van der Waals surface area (Å²) in [6.07, 6.45) is 3.42. The predicted molar refractivity (Wildman–Crippen MR) is 74.1 cm³/mol. The van der Waals surface area contributed by atoms with E-state index in [0.29, 0.717) is 6.04 Å². The van der Waals surface area contributed by atoms with Crippen LogP contribution >= 0.6 is 0 Å². The molecule has 0 saturated heterocycles. The molecule has 1 unspecified atom stereocenters. The lowest BCUT2D eigenvalue weighted by Crippen LogP contribution is -2.27. The molecule has 1 aromatic rings. The lowest BCUT2D eigenvalue weighted by atomic mass is 10.1. The maximum absolute atomic E-state index is 4.44. The Balaban J connectivity index is 2.86. The van der Waals surface area contributed by atoms with Gasteiger partial charge in [-0.05, 0) is 40.7 Å². The van der Waals surface area contributed by atoms with Crippen molar-refractivity contribution in [2.75, 3.05) is 6.54 Å². The van der Waals surface area contributed by atoms with Gasteiger partial charge in [0.2, 0.25) is 0 Å². The lowest BCUT2D eigenvalue weighted by molar-refractivity contribution is 0.604. The molecule has 0 saturated carbocycles. The molecular weight excluding hydrogens is 210 g/mol. The number of aryl methyl sites for hydroxylation is 2. The fraction of sp³-hybridized carbons (Fsp3) is 0.643. The van der Waals surface area contributed by atoms with E-state index in [1.807, 2.05) is 11.7 Å². The van der Waals surface area contributed by atoms with E-state index in [9.17, 15) is 0 Å². The average Bonchev–Trinajstić information content (AvgIpc) is 2.52. The van der Waals surface area contributed by atoms with E-state index in [2.05, 4.69) is 51.1 Å². The van der Waals surface area contributed by atoms with Crippen LogP contribution in [0.25, 0.3) is 6.08 Å². The van der Waals surface area contributed by atoms with E-state index in [4.69, 9.17) is 0 Å². The Hall–Kier alpha value is -1.09. The first-order valence-corrected chi connectivity index (χ1v) is 6.39. The molecule has 0 aliphatic heterocycles. The average molecular weight is 235 g/mol. The molecule has 3 nitrogen and oxygen atoms in total. The molecule has 17 heavy (non-hydrogen) atoms. The summed E-state index contributed by atoms with van der Waals surface area (Å²) in [4.78, 5) is 0. The van der Waals surface area contributed by atoms with Gasteiger partial charge in [0, 0.05) is 24.3 Å². The number of hydrogen-bond donors (Lipinski definition) is 1. The van der Waals surface area contributed by atoms with Crippen LogP contribution in [0.1, 0.15) is 44.1 Å². The van der Waals surface area contributed by atoms with E-state index in [1.165, 1.54) is 23.3 Å². The highest BCUT2D eigenvalue weighted by Crippen LogP contribution is 2.17. The van der Waals surface area contributed by atoms with Crippen LogP contribution in [0.4, 0.5) is 0 Å². The van der Waals surface area contributed by atoms with Gasteiger partial charge in [-0.25, -0.2) is 0 Å². The minimum Gasteiger partial charge on any atom is -0.311 e. The van der Waals surface area contributed by atoms with Crippen molar-refractivity contribution in [3.63, 3.8) is 0 Å². The first kappa shape index (κ1) is 14.0. The Bertz CT molecular complexity index is 402. The van der Waals surface area contributed by atoms with E-state index < -0.39 is 0 Å². The monoisotopic (exact) mass is 235 g/mol. The van der Waals surface area contributed by atoms with E-state index in [-0.39, 0.29) is 0 Å². The van der Waals surface area contributed by atoms with E-state index in [1.54, 1.807) is 0 Å². The quantitative estimate of drug-likeness (QED) is 0.850. The third kappa shape index (κ3) is 3.43. The topological polar surface area (TPSA) is 29.9 Å². The smallest absolute Gasteiger partial charge is 0.0668 e. The first-order chi connectivity index (χ1) is 7.97. The van der Waals surface area contributed by atoms with Crippen molar-refractivity contribution in [3.8, 4) is 0 Å². The normalized spacial score (nSPS) is 14.1. The second-order valence-corrected chi connectivity index (χ2v) is 4.77. The van der Waals surface area contributed by atoms with Crippen LogP contribution in [0.3, 0.4) is 0 Å². The van der Waals surface area contributed by atoms with Crippen molar-refractivity contribution in [2.24, 2.45) is 7.05 Å². The van der Waals surface area contributed by atoms with Crippen LogP contribution in [0, 0.1) is 13.8 Å². The number of nitrogens with one attached hydrogen (secondary N) is 1. The van der Waals surface area contributed by atoms with Gasteiger partial charge in [-0.1, -0.05) is 18.6 Å². The van der Waals surface area contributed by atoms with Gasteiger partial charge in [0.05, 0.1) is 5.69 Å². The molecule has 1 heterocycles. The zero-order chi connectivity index (χ0) is 13.0. The number of rotatable bonds is 5. The van der Waals surface area contributed by atoms with E-state index in [0.717, 1.165) is 12.2 Å². The van der Waals surface area contributed by atoms with Crippen LogP contribution < -0.4 is 5.32 Å². The molecule has 1 rings (SSSR count). The van der Waals surface area contributed by atoms with Crippen LogP contribution in [0.2, 0.25) is 0 Å². The Morgan fingerprint density at radius 3 is 2.59 bits per heavy atom. The highest BCUT2D eigenvalue weighted by atomic mass is 15.3. The molecule has 0 aliphatic rings. The molecule has 0 bridgehead atoms.